The largest absolute Gasteiger partial charge is 0.295 e. The van der Waals surface area contributed by atoms with Crippen LogP contribution in [0, 0.1) is 3.57 Å². The smallest absolute Gasteiger partial charge is 0.159 e. The van der Waals surface area contributed by atoms with E-state index in [4.69, 9.17) is 11.6 Å². The fourth-order valence-corrected chi connectivity index (χ4v) is 1.85. The summed E-state index contributed by atoms with van der Waals surface area (Å²) in [5.41, 5.74) is 0.668. The Labute approximate surface area is 83.9 Å². The summed E-state index contributed by atoms with van der Waals surface area (Å²) in [4.78, 5) is 10.9. The second kappa shape index (κ2) is 3.54. The van der Waals surface area contributed by atoms with E-state index in [9.17, 15) is 4.79 Å². The average Bonchev–Trinajstić information content (AvgIpc) is 1.85. The van der Waals surface area contributed by atoms with Gasteiger partial charge in [-0.25, -0.2) is 0 Å². The highest BCUT2D eigenvalue weighted by molar-refractivity contribution is 14.1. The van der Waals surface area contributed by atoms with Crippen molar-refractivity contribution in [1.82, 2.24) is 0 Å². The minimum absolute atomic E-state index is 0.0467. The molecule has 0 aliphatic heterocycles. The van der Waals surface area contributed by atoms with Crippen molar-refractivity contribution in [1.29, 1.82) is 0 Å². The van der Waals surface area contributed by atoms with Crippen molar-refractivity contribution in [3.05, 3.63) is 32.4 Å². The second-order valence-electron chi connectivity index (χ2n) is 2.21. The molecular weight excluding hydrogens is 274 g/mol. The van der Waals surface area contributed by atoms with Crippen LogP contribution in [-0.2, 0) is 0 Å². The van der Waals surface area contributed by atoms with Crippen LogP contribution in [0.5, 0.6) is 0 Å². The number of rotatable bonds is 1. The number of halogens is 2. The quantitative estimate of drug-likeness (QED) is 0.570. The maximum atomic E-state index is 10.9. The molecule has 0 atom stereocenters. The standard InChI is InChI=1S/C8H6ClIO/c1-5(11)6-2-7(9)4-8(10)3-6/h2-4H,1H3. The van der Waals surface area contributed by atoms with Crippen molar-refractivity contribution in [2.45, 2.75) is 6.92 Å². The summed E-state index contributed by atoms with van der Waals surface area (Å²) >= 11 is 7.86. The van der Waals surface area contributed by atoms with E-state index in [-0.39, 0.29) is 5.78 Å². The lowest BCUT2D eigenvalue weighted by atomic mass is 10.2. The van der Waals surface area contributed by atoms with Crippen molar-refractivity contribution in [2.24, 2.45) is 0 Å². The number of benzene rings is 1. The third kappa shape index (κ3) is 2.45. The molecule has 0 N–H and O–H groups in total. The molecule has 11 heavy (non-hydrogen) atoms. The van der Waals surface area contributed by atoms with Gasteiger partial charge in [-0.15, -0.1) is 0 Å². The first-order valence-electron chi connectivity index (χ1n) is 3.06. The molecule has 0 spiro atoms. The highest BCUT2D eigenvalue weighted by Gasteiger charge is 2.00. The lowest BCUT2D eigenvalue weighted by Gasteiger charge is -1.97. The first-order chi connectivity index (χ1) is 5.09. The van der Waals surface area contributed by atoms with Gasteiger partial charge < -0.3 is 0 Å². The first-order valence-corrected chi connectivity index (χ1v) is 4.52. The summed E-state index contributed by atoms with van der Waals surface area (Å²) in [5, 5.41) is 0.613. The molecule has 0 radical (unpaired) electrons. The van der Waals surface area contributed by atoms with Gasteiger partial charge in [-0.3, -0.25) is 4.79 Å². The molecule has 0 heterocycles. The van der Waals surface area contributed by atoms with Gasteiger partial charge in [-0.1, -0.05) is 11.6 Å². The number of carbonyl (C=O) groups is 1. The number of hydrogen-bond donors (Lipinski definition) is 0. The summed E-state index contributed by atoms with van der Waals surface area (Å²) in [7, 11) is 0. The minimum atomic E-state index is 0.0467. The van der Waals surface area contributed by atoms with Crippen molar-refractivity contribution in [2.75, 3.05) is 0 Å². The molecule has 1 aromatic carbocycles. The molecule has 0 aliphatic carbocycles. The van der Waals surface area contributed by atoms with Gasteiger partial charge in [-0.2, -0.15) is 0 Å². The van der Waals surface area contributed by atoms with E-state index in [0.29, 0.717) is 10.6 Å². The summed E-state index contributed by atoms with van der Waals surface area (Å²) in [6, 6.07) is 5.30. The van der Waals surface area contributed by atoms with Gasteiger partial charge in [0.1, 0.15) is 0 Å². The van der Waals surface area contributed by atoms with Crippen LogP contribution in [0.1, 0.15) is 17.3 Å². The molecule has 0 saturated heterocycles. The predicted octanol–water partition coefficient (Wildman–Crippen LogP) is 3.15. The number of ketones is 1. The third-order valence-corrected chi connectivity index (χ3v) is 2.11. The van der Waals surface area contributed by atoms with E-state index in [1.54, 1.807) is 6.07 Å². The van der Waals surface area contributed by atoms with Gasteiger partial charge in [0, 0.05) is 14.2 Å². The molecule has 0 aliphatic rings. The molecule has 0 saturated carbocycles. The maximum absolute atomic E-state index is 10.9. The lowest BCUT2D eigenvalue weighted by molar-refractivity contribution is 0.101. The van der Waals surface area contributed by atoms with Crippen molar-refractivity contribution >= 4 is 40.0 Å². The van der Waals surface area contributed by atoms with Crippen LogP contribution in [0.15, 0.2) is 18.2 Å². The van der Waals surface area contributed by atoms with Gasteiger partial charge in [-0.05, 0) is 47.7 Å². The molecule has 1 rings (SSSR count). The highest BCUT2D eigenvalue weighted by atomic mass is 127. The first kappa shape index (κ1) is 9.00. The summed E-state index contributed by atoms with van der Waals surface area (Å²) in [5.74, 6) is 0.0467. The zero-order valence-corrected chi connectivity index (χ0v) is 8.81. The van der Waals surface area contributed by atoms with Gasteiger partial charge in [0.15, 0.2) is 5.78 Å². The third-order valence-electron chi connectivity index (χ3n) is 1.27. The maximum Gasteiger partial charge on any atom is 0.159 e. The van der Waals surface area contributed by atoms with Gasteiger partial charge in [0.25, 0.3) is 0 Å². The van der Waals surface area contributed by atoms with E-state index in [1.807, 2.05) is 12.1 Å². The van der Waals surface area contributed by atoms with Gasteiger partial charge in [0.05, 0.1) is 0 Å². The lowest BCUT2D eigenvalue weighted by Crippen LogP contribution is -1.91. The van der Waals surface area contributed by atoms with E-state index in [1.165, 1.54) is 6.92 Å². The van der Waals surface area contributed by atoms with E-state index < -0.39 is 0 Å². The van der Waals surface area contributed by atoms with E-state index >= 15 is 0 Å². The van der Waals surface area contributed by atoms with Crippen molar-refractivity contribution in [3.8, 4) is 0 Å². The Morgan fingerprint density at radius 2 is 2.09 bits per heavy atom. The zero-order chi connectivity index (χ0) is 8.43. The topological polar surface area (TPSA) is 17.1 Å². The Morgan fingerprint density at radius 1 is 1.45 bits per heavy atom. The van der Waals surface area contributed by atoms with Crippen LogP contribution in [0.4, 0.5) is 0 Å². The molecule has 0 amide bonds. The van der Waals surface area contributed by atoms with Gasteiger partial charge >= 0.3 is 0 Å². The average molecular weight is 280 g/mol. The van der Waals surface area contributed by atoms with Crippen LogP contribution < -0.4 is 0 Å². The Kier molecular flexibility index (Phi) is 2.90. The Hall–Kier alpha value is -0.0900. The van der Waals surface area contributed by atoms with Crippen LogP contribution in [0.25, 0.3) is 0 Å². The van der Waals surface area contributed by atoms with E-state index in [0.717, 1.165) is 3.57 Å². The molecule has 0 fully saturated rings. The SMILES string of the molecule is CC(=O)c1cc(Cl)cc(I)c1. The summed E-state index contributed by atoms with van der Waals surface area (Å²) in [6.45, 7) is 1.53. The Balaban J connectivity index is 3.19. The summed E-state index contributed by atoms with van der Waals surface area (Å²) < 4.78 is 0.986. The minimum Gasteiger partial charge on any atom is -0.295 e. The summed E-state index contributed by atoms with van der Waals surface area (Å²) in [6.07, 6.45) is 0. The second-order valence-corrected chi connectivity index (χ2v) is 3.90. The predicted molar refractivity (Wildman–Crippen MR) is 54.2 cm³/mol. The molecule has 3 heteroatoms. The normalized spacial score (nSPS) is 9.73. The molecular formula is C8H6ClIO. The Morgan fingerprint density at radius 3 is 2.55 bits per heavy atom. The van der Waals surface area contributed by atoms with Crippen LogP contribution in [0.2, 0.25) is 5.02 Å². The van der Waals surface area contributed by atoms with Crippen molar-refractivity contribution in [3.63, 3.8) is 0 Å². The van der Waals surface area contributed by atoms with Crippen LogP contribution in [0.3, 0.4) is 0 Å². The fraction of sp³-hybridized carbons (Fsp3) is 0.125. The van der Waals surface area contributed by atoms with E-state index in [2.05, 4.69) is 22.6 Å². The number of Topliss-reactive ketones (excluding diaryl/α,β-unsaturated/α-hetero) is 1. The van der Waals surface area contributed by atoms with Crippen LogP contribution in [-0.4, -0.2) is 5.78 Å². The Bertz CT molecular complexity index is 276. The van der Waals surface area contributed by atoms with Gasteiger partial charge in [0.2, 0.25) is 0 Å². The molecule has 1 aromatic rings. The molecule has 0 bridgehead atoms. The van der Waals surface area contributed by atoms with Crippen LogP contribution >= 0.6 is 34.2 Å². The molecule has 58 valence electrons. The number of hydrogen-bond acceptors (Lipinski definition) is 1. The fourth-order valence-electron chi connectivity index (χ4n) is 0.757. The zero-order valence-electron chi connectivity index (χ0n) is 5.90. The highest BCUT2D eigenvalue weighted by Crippen LogP contribution is 2.16. The molecule has 0 unspecified atom stereocenters. The number of carbonyl (C=O) groups excluding carboxylic acids is 1. The van der Waals surface area contributed by atoms with Crippen molar-refractivity contribution < 1.29 is 4.79 Å². The monoisotopic (exact) mass is 280 g/mol. The molecule has 0 aromatic heterocycles. The molecule has 1 nitrogen and oxygen atoms in total.